The number of ether oxygens (including phenoxy) is 2. The van der Waals surface area contributed by atoms with Crippen molar-refractivity contribution in [2.75, 3.05) is 24.0 Å². The number of hydrogen-bond acceptors (Lipinski definition) is 5. The van der Waals surface area contributed by atoms with Crippen LogP contribution in [0.4, 0.5) is 11.4 Å². The van der Waals surface area contributed by atoms with Crippen LogP contribution in [-0.4, -0.2) is 31.1 Å². The van der Waals surface area contributed by atoms with E-state index in [1.165, 1.54) is 24.0 Å². The maximum absolute atomic E-state index is 12.5. The average Bonchev–Trinajstić information content (AvgIpc) is 2.62. The molecule has 1 saturated heterocycles. The summed E-state index contributed by atoms with van der Waals surface area (Å²) in [5.41, 5.74) is 0.986. The van der Waals surface area contributed by atoms with Crippen LogP contribution >= 0.6 is 12.2 Å². The Morgan fingerprint density at radius 2 is 1.20 bits per heavy atom. The smallest absolute Gasteiger partial charge is 0.242 e. The third kappa shape index (κ3) is 2.94. The summed E-state index contributed by atoms with van der Waals surface area (Å²) in [4.78, 5) is 27.7. The molecule has 25 heavy (non-hydrogen) atoms. The van der Waals surface area contributed by atoms with Gasteiger partial charge in [0.05, 0.1) is 25.6 Å². The Morgan fingerprint density at radius 1 is 0.800 bits per heavy atom. The van der Waals surface area contributed by atoms with Gasteiger partial charge in [0.1, 0.15) is 17.9 Å². The van der Waals surface area contributed by atoms with E-state index in [1.807, 2.05) is 0 Å². The molecule has 1 aliphatic heterocycles. The van der Waals surface area contributed by atoms with E-state index in [0.717, 1.165) is 0 Å². The van der Waals surface area contributed by atoms with Gasteiger partial charge in [0.15, 0.2) is 5.11 Å². The second-order valence-electron chi connectivity index (χ2n) is 5.26. The second kappa shape index (κ2) is 6.90. The fourth-order valence-electron chi connectivity index (χ4n) is 2.70. The molecule has 0 N–H and O–H groups in total. The van der Waals surface area contributed by atoms with Crippen LogP contribution in [0.25, 0.3) is 0 Å². The van der Waals surface area contributed by atoms with Gasteiger partial charge in [0, 0.05) is 0 Å². The highest BCUT2D eigenvalue weighted by Gasteiger charge is 2.38. The van der Waals surface area contributed by atoms with Crippen molar-refractivity contribution in [3.05, 3.63) is 48.5 Å². The summed E-state index contributed by atoms with van der Waals surface area (Å²) in [6.45, 7) is 0. The van der Waals surface area contributed by atoms with Crippen LogP contribution in [0, 0.1) is 0 Å². The number of benzene rings is 2. The largest absolute Gasteiger partial charge is 0.495 e. The summed E-state index contributed by atoms with van der Waals surface area (Å²) < 4.78 is 10.7. The zero-order valence-corrected chi connectivity index (χ0v) is 14.6. The topological polar surface area (TPSA) is 59.1 Å². The zero-order valence-electron chi connectivity index (χ0n) is 13.8. The zero-order chi connectivity index (χ0) is 18.0. The molecule has 0 saturated carbocycles. The molecule has 0 bridgehead atoms. The SMILES string of the molecule is COc1ccccc1N1C(=O)CC(=O)N(c2ccccc2OC)C1=S. The summed E-state index contributed by atoms with van der Waals surface area (Å²) >= 11 is 5.48. The molecule has 7 heteroatoms. The maximum atomic E-state index is 12.5. The van der Waals surface area contributed by atoms with Crippen LogP contribution in [0.3, 0.4) is 0 Å². The molecule has 1 heterocycles. The van der Waals surface area contributed by atoms with E-state index < -0.39 is 11.8 Å². The normalized spacial score (nSPS) is 14.7. The van der Waals surface area contributed by atoms with Gasteiger partial charge in [-0.1, -0.05) is 24.3 Å². The van der Waals surface area contributed by atoms with Gasteiger partial charge in [0.25, 0.3) is 0 Å². The van der Waals surface area contributed by atoms with Gasteiger partial charge in [-0.05, 0) is 36.5 Å². The molecule has 128 valence electrons. The molecule has 2 amide bonds. The number of methoxy groups -OCH3 is 2. The maximum Gasteiger partial charge on any atom is 0.242 e. The van der Waals surface area contributed by atoms with Crippen LogP contribution in [0.1, 0.15) is 6.42 Å². The number of rotatable bonds is 4. The fraction of sp³-hybridized carbons (Fsp3) is 0.167. The van der Waals surface area contributed by atoms with Gasteiger partial charge in [-0.25, -0.2) is 0 Å². The van der Waals surface area contributed by atoms with Crippen molar-refractivity contribution in [2.24, 2.45) is 0 Å². The minimum absolute atomic E-state index is 0.0650. The van der Waals surface area contributed by atoms with Crippen LogP contribution in [0.2, 0.25) is 0 Å². The number of thiocarbonyl (C=S) groups is 1. The first-order chi connectivity index (χ1) is 12.1. The molecular weight excluding hydrogens is 340 g/mol. The first-order valence-corrected chi connectivity index (χ1v) is 7.95. The van der Waals surface area contributed by atoms with Crippen molar-refractivity contribution in [1.82, 2.24) is 0 Å². The molecule has 0 unspecified atom stereocenters. The minimum Gasteiger partial charge on any atom is -0.495 e. The van der Waals surface area contributed by atoms with E-state index in [9.17, 15) is 9.59 Å². The summed E-state index contributed by atoms with van der Waals surface area (Å²) in [7, 11) is 3.03. The lowest BCUT2D eigenvalue weighted by molar-refractivity contribution is -0.126. The molecule has 0 aromatic heterocycles. The fourth-order valence-corrected chi connectivity index (χ4v) is 3.10. The Balaban J connectivity index is 2.09. The highest BCUT2D eigenvalue weighted by atomic mass is 32.1. The Hall–Kier alpha value is -2.93. The van der Waals surface area contributed by atoms with Crippen LogP contribution in [0.15, 0.2) is 48.5 Å². The summed E-state index contributed by atoms with van der Waals surface area (Å²) in [6.07, 6.45) is -0.295. The Kier molecular flexibility index (Phi) is 4.67. The van der Waals surface area contributed by atoms with Crippen molar-refractivity contribution in [3.8, 4) is 11.5 Å². The van der Waals surface area contributed by atoms with E-state index in [2.05, 4.69) is 0 Å². The van der Waals surface area contributed by atoms with Gasteiger partial charge in [0.2, 0.25) is 11.8 Å². The Morgan fingerprint density at radius 3 is 1.60 bits per heavy atom. The summed E-state index contributed by atoms with van der Waals surface area (Å²) in [6, 6.07) is 14.0. The van der Waals surface area contributed by atoms with Crippen LogP contribution in [0.5, 0.6) is 11.5 Å². The standard InChI is InChI=1S/C18H16N2O4S/c1-23-14-9-5-3-7-12(14)19-16(21)11-17(22)20(18(19)25)13-8-4-6-10-15(13)24-2/h3-10H,11H2,1-2H3. The molecule has 0 radical (unpaired) electrons. The van der Waals surface area contributed by atoms with Gasteiger partial charge < -0.3 is 9.47 Å². The molecule has 2 aromatic carbocycles. The van der Waals surface area contributed by atoms with Gasteiger partial charge in [-0.15, -0.1) is 0 Å². The first-order valence-electron chi connectivity index (χ1n) is 7.54. The number of anilines is 2. The molecule has 3 rings (SSSR count). The minimum atomic E-state index is -0.398. The van der Waals surface area contributed by atoms with Gasteiger partial charge >= 0.3 is 0 Å². The summed E-state index contributed by atoms with van der Waals surface area (Å²) in [5, 5.41) is 0.0650. The number of nitrogens with zero attached hydrogens (tertiary/aromatic N) is 2. The predicted molar refractivity (Wildman–Crippen MR) is 98.2 cm³/mol. The average molecular weight is 356 g/mol. The van der Waals surface area contributed by atoms with Gasteiger partial charge in [-0.3, -0.25) is 19.4 Å². The monoisotopic (exact) mass is 356 g/mol. The van der Waals surface area contributed by atoms with Crippen molar-refractivity contribution < 1.29 is 19.1 Å². The van der Waals surface area contributed by atoms with Crippen LogP contribution in [-0.2, 0) is 9.59 Å². The molecule has 0 aliphatic carbocycles. The van der Waals surface area contributed by atoms with Gasteiger partial charge in [-0.2, -0.15) is 0 Å². The number of amides is 2. The lowest BCUT2D eigenvalue weighted by atomic mass is 10.1. The van der Waals surface area contributed by atoms with E-state index in [1.54, 1.807) is 48.5 Å². The molecule has 0 spiro atoms. The van der Waals surface area contributed by atoms with E-state index in [4.69, 9.17) is 21.7 Å². The number of para-hydroxylation sites is 4. The Bertz CT molecular complexity index is 785. The number of hydrogen-bond donors (Lipinski definition) is 0. The third-order valence-electron chi connectivity index (χ3n) is 3.84. The second-order valence-corrected chi connectivity index (χ2v) is 5.63. The van der Waals surface area contributed by atoms with Crippen molar-refractivity contribution in [2.45, 2.75) is 6.42 Å². The highest BCUT2D eigenvalue weighted by molar-refractivity contribution is 7.81. The highest BCUT2D eigenvalue weighted by Crippen LogP contribution is 2.35. The summed E-state index contributed by atoms with van der Waals surface area (Å²) in [5.74, 6) is 0.191. The number of carbonyl (C=O) groups is 2. The molecular formula is C18H16N2O4S. The first kappa shape index (κ1) is 16.9. The van der Waals surface area contributed by atoms with Crippen molar-refractivity contribution >= 4 is 40.5 Å². The number of carbonyl (C=O) groups excluding carboxylic acids is 2. The van der Waals surface area contributed by atoms with E-state index >= 15 is 0 Å². The lowest BCUT2D eigenvalue weighted by Crippen LogP contribution is -2.55. The Labute approximate surface area is 150 Å². The molecule has 1 fully saturated rings. The molecule has 2 aromatic rings. The molecule has 6 nitrogen and oxygen atoms in total. The van der Waals surface area contributed by atoms with Crippen molar-refractivity contribution in [3.63, 3.8) is 0 Å². The van der Waals surface area contributed by atoms with Crippen LogP contribution < -0.4 is 19.3 Å². The molecule has 0 atom stereocenters. The predicted octanol–water partition coefficient (Wildman–Crippen LogP) is 2.76. The lowest BCUT2D eigenvalue weighted by Gasteiger charge is -2.36. The van der Waals surface area contributed by atoms with Crippen molar-refractivity contribution in [1.29, 1.82) is 0 Å². The third-order valence-corrected chi connectivity index (χ3v) is 4.20. The quantitative estimate of drug-likeness (QED) is 0.623. The molecule has 1 aliphatic rings. The van der Waals surface area contributed by atoms with E-state index in [-0.39, 0.29) is 11.5 Å². The van der Waals surface area contributed by atoms with E-state index in [0.29, 0.717) is 22.9 Å².